The largest absolute Gasteiger partial charge is 0.179 e. The Labute approximate surface area is 152 Å². The Bertz CT molecular complexity index is 773. The predicted molar refractivity (Wildman–Crippen MR) is 114 cm³/mol. The molecule has 0 unspecified atom stereocenters. The average molecular weight is 339 g/mol. The van der Waals surface area contributed by atoms with Crippen LogP contribution >= 0.6 is 0 Å². The number of benzene rings is 1. The molecule has 0 bridgehead atoms. The standard InChI is InChI=1S/C19H18FN.2C2H6/c1-5-8-9-10-14(4)15-11-12-19-17(13-15)16(6-2)18(7-3)21(19)20;2*1-2/h5-13H,1-3H2,4H3;2*1-2H3/b9-8-,14-10+;;. The highest BCUT2D eigenvalue weighted by Gasteiger charge is 2.13. The van der Waals surface area contributed by atoms with Gasteiger partial charge in [-0.2, -0.15) is 4.79 Å². The SMILES string of the molecule is C=C/C=C\C=C(/C)c1ccc2c(c1)c(C=C)c(C=C)n2F.CC.CC. The van der Waals surface area contributed by atoms with Crippen molar-refractivity contribution in [1.29, 1.82) is 0 Å². The first-order valence-electron chi connectivity index (χ1n) is 8.70. The first-order chi connectivity index (χ1) is 12.1. The van der Waals surface area contributed by atoms with Gasteiger partial charge in [-0.15, -0.1) is 0 Å². The molecule has 1 aromatic carbocycles. The molecule has 2 rings (SSSR count). The van der Waals surface area contributed by atoms with Crippen molar-refractivity contribution >= 4 is 28.6 Å². The molecule has 0 amide bonds. The van der Waals surface area contributed by atoms with Crippen molar-refractivity contribution < 1.29 is 4.48 Å². The third-order valence-electron chi connectivity index (χ3n) is 3.43. The molecule has 1 heterocycles. The van der Waals surface area contributed by atoms with Crippen molar-refractivity contribution in [3.8, 4) is 0 Å². The van der Waals surface area contributed by atoms with Crippen LogP contribution < -0.4 is 0 Å². The van der Waals surface area contributed by atoms with Crippen molar-refractivity contribution in [2.75, 3.05) is 0 Å². The highest BCUT2D eigenvalue weighted by atomic mass is 19.2. The highest BCUT2D eigenvalue weighted by Crippen LogP contribution is 2.30. The first-order valence-corrected chi connectivity index (χ1v) is 8.70. The minimum Gasteiger partial charge on any atom is -0.179 e. The van der Waals surface area contributed by atoms with Crippen molar-refractivity contribution in [3.05, 3.63) is 79.1 Å². The Balaban J connectivity index is 0.00000134. The molecule has 0 aliphatic heterocycles. The molecule has 25 heavy (non-hydrogen) atoms. The van der Waals surface area contributed by atoms with Crippen LogP contribution in [0.3, 0.4) is 0 Å². The van der Waals surface area contributed by atoms with Crippen LogP contribution in [0.4, 0.5) is 4.48 Å². The van der Waals surface area contributed by atoms with Crippen LogP contribution in [0, 0.1) is 0 Å². The van der Waals surface area contributed by atoms with E-state index in [1.54, 1.807) is 18.2 Å². The predicted octanol–water partition coefficient (Wildman–Crippen LogP) is 7.86. The number of fused-ring (bicyclic) bond motifs is 1. The molecular weight excluding hydrogens is 309 g/mol. The van der Waals surface area contributed by atoms with Gasteiger partial charge in [0.2, 0.25) is 0 Å². The molecule has 0 aliphatic carbocycles. The Hall–Kier alpha value is -2.61. The van der Waals surface area contributed by atoms with E-state index in [0.717, 1.165) is 22.1 Å². The second-order valence-electron chi connectivity index (χ2n) is 4.69. The number of halogens is 1. The van der Waals surface area contributed by atoms with E-state index in [9.17, 15) is 4.48 Å². The highest BCUT2D eigenvalue weighted by molar-refractivity contribution is 5.95. The first kappa shape index (κ1) is 22.4. The molecule has 0 fully saturated rings. The molecule has 0 saturated carbocycles. The van der Waals surface area contributed by atoms with Gasteiger partial charge < -0.3 is 0 Å². The lowest BCUT2D eigenvalue weighted by atomic mass is 10.0. The van der Waals surface area contributed by atoms with Crippen LogP contribution in [-0.2, 0) is 0 Å². The summed E-state index contributed by atoms with van der Waals surface area (Å²) in [6.45, 7) is 21.1. The molecule has 1 aromatic heterocycles. The lowest BCUT2D eigenvalue weighted by Gasteiger charge is -2.02. The minimum absolute atomic E-state index is 0.435. The summed E-state index contributed by atoms with van der Waals surface area (Å²) in [5.74, 6) is 0. The Morgan fingerprint density at radius 1 is 1.00 bits per heavy atom. The molecule has 0 aliphatic rings. The maximum absolute atomic E-state index is 14.2. The normalized spacial score (nSPS) is 10.6. The van der Waals surface area contributed by atoms with Gasteiger partial charge >= 0.3 is 0 Å². The van der Waals surface area contributed by atoms with Crippen molar-refractivity contribution in [1.82, 2.24) is 4.79 Å². The summed E-state index contributed by atoms with van der Waals surface area (Å²) >= 11 is 0. The van der Waals surface area contributed by atoms with Gasteiger partial charge in [0.1, 0.15) is 0 Å². The summed E-state index contributed by atoms with van der Waals surface area (Å²) in [6.07, 6.45) is 10.7. The lowest BCUT2D eigenvalue weighted by molar-refractivity contribution is 0.384. The van der Waals surface area contributed by atoms with Crippen molar-refractivity contribution in [3.63, 3.8) is 0 Å². The fraction of sp³-hybridized carbons (Fsp3) is 0.217. The summed E-state index contributed by atoms with van der Waals surface area (Å²) in [4.78, 5) is 0.653. The van der Waals surface area contributed by atoms with E-state index in [1.807, 2.05) is 65.0 Å². The molecule has 134 valence electrons. The minimum atomic E-state index is 0.435. The van der Waals surface area contributed by atoms with Gasteiger partial charge in [-0.1, -0.05) is 88.4 Å². The summed E-state index contributed by atoms with van der Waals surface area (Å²) in [5.41, 5.74) is 3.86. The molecule has 2 heteroatoms. The molecule has 0 atom stereocenters. The van der Waals surface area contributed by atoms with Crippen LogP contribution in [0.2, 0.25) is 0 Å². The van der Waals surface area contributed by atoms with Gasteiger partial charge in [0.15, 0.2) is 0 Å². The van der Waals surface area contributed by atoms with Crippen molar-refractivity contribution in [2.45, 2.75) is 34.6 Å². The number of rotatable bonds is 5. The number of nitrogens with zero attached hydrogens (tertiary/aromatic N) is 1. The Kier molecular flexibility index (Phi) is 10.6. The lowest BCUT2D eigenvalue weighted by Crippen LogP contribution is -1.85. The summed E-state index contributed by atoms with van der Waals surface area (Å²) in [6, 6.07) is 5.66. The second-order valence-corrected chi connectivity index (χ2v) is 4.69. The molecule has 0 saturated heterocycles. The average Bonchev–Trinajstić information content (AvgIpc) is 2.95. The summed E-state index contributed by atoms with van der Waals surface area (Å²) in [7, 11) is 0. The van der Waals surface area contributed by atoms with Gasteiger partial charge in [0, 0.05) is 10.9 Å². The monoisotopic (exact) mass is 339 g/mol. The number of hydrogen-bond acceptors (Lipinski definition) is 0. The van der Waals surface area contributed by atoms with E-state index in [4.69, 9.17) is 0 Å². The van der Waals surface area contributed by atoms with E-state index < -0.39 is 0 Å². The topological polar surface area (TPSA) is 4.93 Å². The molecule has 0 N–H and O–H groups in total. The Morgan fingerprint density at radius 3 is 2.16 bits per heavy atom. The summed E-state index contributed by atoms with van der Waals surface area (Å²) in [5, 5.41) is 0.834. The van der Waals surface area contributed by atoms with Gasteiger partial charge in [0.25, 0.3) is 0 Å². The van der Waals surface area contributed by atoms with E-state index in [1.165, 1.54) is 6.08 Å². The van der Waals surface area contributed by atoms with Gasteiger partial charge in [-0.25, -0.2) is 0 Å². The number of allylic oxidation sites excluding steroid dienone is 5. The molecule has 0 radical (unpaired) electrons. The van der Waals surface area contributed by atoms with Crippen LogP contribution in [-0.4, -0.2) is 4.79 Å². The number of hydrogen-bond donors (Lipinski definition) is 0. The third-order valence-corrected chi connectivity index (χ3v) is 3.43. The fourth-order valence-corrected chi connectivity index (χ4v) is 2.32. The molecular formula is C23H30FN. The van der Waals surface area contributed by atoms with E-state index in [0.29, 0.717) is 16.0 Å². The molecule has 1 nitrogen and oxygen atoms in total. The fourth-order valence-electron chi connectivity index (χ4n) is 2.32. The van der Waals surface area contributed by atoms with Crippen LogP contribution in [0.25, 0.3) is 28.6 Å². The summed E-state index contributed by atoms with van der Waals surface area (Å²) < 4.78 is 14.2. The Morgan fingerprint density at radius 2 is 1.64 bits per heavy atom. The zero-order valence-corrected chi connectivity index (χ0v) is 16.1. The number of aromatic nitrogens is 1. The van der Waals surface area contributed by atoms with Crippen LogP contribution in [0.15, 0.2) is 62.2 Å². The van der Waals surface area contributed by atoms with E-state index in [2.05, 4.69) is 19.7 Å². The third kappa shape index (κ3) is 5.18. The second kappa shape index (κ2) is 11.9. The van der Waals surface area contributed by atoms with E-state index in [-0.39, 0.29) is 0 Å². The van der Waals surface area contributed by atoms with Gasteiger partial charge in [0.05, 0.1) is 11.2 Å². The maximum atomic E-state index is 14.2. The molecule has 2 aromatic rings. The zero-order valence-electron chi connectivity index (χ0n) is 16.1. The molecule has 0 spiro atoms. The zero-order chi connectivity index (χ0) is 19.4. The quantitative estimate of drug-likeness (QED) is 0.489. The van der Waals surface area contributed by atoms with Gasteiger partial charge in [-0.05, 0) is 36.3 Å². The smallest absolute Gasteiger partial charge is 0.0826 e. The van der Waals surface area contributed by atoms with Crippen LogP contribution in [0.1, 0.15) is 51.4 Å². The maximum Gasteiger partial charge on any atom is 0.0826 e. The van der Waals surface area contributed by atoms with Crippen LogP contribution in [0.5, 0.6) is 0 Å². The van der Waals surface area contributed by atoms with E-state index >= 15 is 0 Å². The van der Waals surface area contributed by atoms with Crippen molar-refractivity contribution in [2.24, 2.45) is 0 Å². The van der Waals surface area contributed by atoms with Gasteiger partial charge in [-0.3, -0.25) is 0 Å².